The molecular weight excluding hydrogens is 276 g/mol. The lowest BCUT2D eigenvalue weighted by atomic mass is 9.82. The molecule has 1 aromatic heterocycles. The van der Waals surface area contributed by atoms with E-state index in [0.717, 1.165) is 16.7 Å². The van der Waals surface area contributed by atoms with Gasteiger partial charge in [-0.15, -0.1) is 0 Å². The first-order valence-corrected chi connectivity index (χ1v) is 6.79. The number of aromatic nitrogens is 1. The van der Waals surface area contributed by atoms with Crippen molar-refractivity contribution in [1.82, 2.24) is 4.98 Å². The van der Waals surface area contributed by atoms with E-state index < -0.39 is 0 Å². The number of hydrogen-bond donors (Lipinski definition) is 1. The summed E-state index contributed by atoms with van der Waals surface area (Å²) in [7, 11) is 0. The number of halogens is 1. The Bertz CT molecular complexity index is 392. The minimum atomic E-state index is 0.0471. The molecule has 0 saturated heterocycles. The van der Waals surface area contributed by atoms with E-state index in [4.69, 9.17) is 0 Å². The van der Waals surface area contributed by atoms with Crippen molar-refractivity contribution in [3.63, 3.8) is 0 Å². The lowest BCUT2D eigenvalue weighted by Gasteiger charge is -2.33. The molecule has 1 heterocycles. The topological polar surface area (TPSA) is 24.9 Å². The Morgan fingerprint density at radius 3 is 2.29 bits per heavy atom. The fraction of sp³-hybridized carbons (Fsp3) is 0.643. The molecule has 0 amide bonds. The van der Waals surface area contributed by atoms with Crippen LogP contribution in [-0.4, -0.2) is 10.5 Å². The van der Waals surface area contributed by atoms with Crippen molar-refractivity contribution in [2.24, 2.45) is 5.41 Å². The predicted octanol–water partition coefficient (Wildman–Crippen LogP) is 4.78. The van der Waals surface area contributed by atoms with Crippen molar-refractivity contribution < 1.29 is 0 Å². The van der Waals surface area contributed by atoms with Gasteiger partial charge in [0.25, 0.3) is 0 Å². The first-order chi connectivity index (χ1) is 7.59. The standard InChI is InChI=1S/C14H23BrN2/c1-10-7-12(16-8-11(10)15)17-14(5,6)9-13(2,3)4/h7-8H,9H2,1-6H3,(H,16,17). The molecule has 96 valence electrons. The van der Waals surface area contributed by atoms with Gasteiger partial charge in [0.2, 0.25) is 0 Å². The van der Waals surface area contributed by atoms with E-state index in [1.807, 2.05) is 6.20 Å². The maximum absolute atomic E-state index is 4.40. The Kier molecular flexibility index (Phi) is 4.23. The predicted molar refractivity (Wildman–Crippen MR) is 78.4 cm³/mol. The van der Waals surface area contributed by atoms with E-state index >= 15 is 0 Å². The second kappa shape index (κ2) is 4.97. The van der Waals surface area contributed by atoms with Crippen molar-refractivity contribution in [2.45, 2.75) is 53.5 Å². The molecule has 0 aliphatic carbocycles. The van der Waals surface area contributed by atoms with E-state index in [1.165, 1.54) is 5.56 Å². The lowest BCUT2D eigenvalue weighted by Crippen LogP contribution is -2.35. The lowest BCUT2D eigenvalue weighted by molar-refractivity contribution is 0.302. The summed E-state index contributed by atoms with van der Waals surface area (Å²) >= 11 is 3.47. The third kappa shape index (κ3) is 5.07. The number of nitrogens with zero attached hydrogens (tertiary/aromatic N) is 1. The van der Waals surface area contributed by atoms with Gasteiger partial charge in [0.15, 0.2) is 0 Å². The highest BCUT2D eigenvalue weighted by Gasteiger charge is 2.25. The molecule has 0 fully saturated rings. The summed E-state index contributed by atoms with van der Waals surface area (Å²) < 4.78 is 1.05. The number of nitrogens with one attached hydrogen (secondary N) is 1. The van der Waals surface area contributed by atoms with Gasteiger partial charge in [-0.05, 0) is 60.2 Å². The molecule has 0 aromatic carbocycles. The van der Waals surface area contributed by atoms with Gasteiger partial charge in [0, 0.05) is 16.2 Å². The smallest absolute Gasteiger partial charge is 0.126 e. The van der Waals surface area contributed by atoms with Crippen molar-refractivity contribution in [2.75, 3.05) is 5.32 Å². The van der Waals surface area contributed by atoms with Gasteiger partial charge in [-0.3, -0.25) is 0 Å². The highest BCUT2D eigenvalue weighted by molar-refractivity contribution is 9.10. The average Bonchev–Trinajstić information content (AvgIpc) is 2.06. The second-order valence-electron chi connectivity index (χ2n) is 6.57. The Balaban J connectivity index is 2.79. The van der Waals surface area contributed by atoms with Crippen LogP contribution in [0.2, 0.25) is 0 Å². The molecule has 2 nitrogen and oxygen atoms in total. The van der Waals surface area contributed by atoms with E-state index in [9.17, 15) is 0 Å². The van der Waals surface area contributed by atoms with Crippen LogP contribution in [0.4, 0.5) is 5.82 Å². The van der Waals surface area contributed by atoms with E-state index in [1.54, 1.807) is 0 Å². The van der Waals surface area contributed by atoms with Crippen molar-refractivity contribution >= 4 is 21.7 Å². The minimum Gasteiger partial charge on any atom is -0.365 e. The van der Waals surface area contributed by atoms with E-state index in [-0.39, 0.29) is 5.54 Å². The molecule has 0 spiro atoms. The number of hydrogen-bond acceptors (Lipinski definition) is 2. The Morgan fingerprint density at radius 1 is 1.24 bits per heavy atom. The molecule has 1 aromatic rings. The van der Waals surface area contributed by atoms with Crippen LogP contribution in [0, 0.1) is 12.3 Å². The summed E-state index contributed by atoms with van der Waals surface area (Å²) in [5.41, 5.74) is 1.56. The van der Waals surface area contributed by atoms with Gasteiger partial charge in [-0.1, -0.05) is 20.8 Å². The Morgan fingerprint density at radius 2 is 1.82 bits per heavy atom. The first kappa shape index (κ1) is 14.5. The van der Waals surface area contributed by atoms with Crippen LogP contribution >= 0.6 is 15.9 Å². The van der Waals surface area contributed by atoms with Gasteiger partial charge in [-0.2, -0.15) is 0 Å². The molecular formula is C14H23BrN2. The third-order valence-corrected chi connectivity index (χ3v) is 3.32. The molecule has 0 unspecified atom stereocenters. The SMILES string of the molecule is Cc1cc(NC(C)(C)CC(C)(C)C)ncc1Br. The van der Waals surface area contributed by atoms with E-state index in [2.05, 4.69) is 73.8 Å². The molecule has 0 aliphatic rings. The molecule has 1 N–H and O–H groups in total. The van der Waals surface area contributed by atoms with Crippen molar-refractivity contribution in [3.8, 4) is 0 Å². The van der Waals surface area contributed by atoms with Crippen LogP contribution in [0.15, 0.2) is 16.7 Å². The zero-order valence-electron chi connectivity index (χ0n) is 11.7. The largest absolute Gasteiger partial charge is 0.365 e. The zero-order chi connectivity index (χ0) is 13.3. The number of pyridine rings is 1. The maximum atomic E-state index is 4.40. The van der Waals surface area contributed by atoms with Gasteiger partial charge >= 0.3 is 0 Å². The molecule has 1 rings (SSSR count). The van der Waals surface area contributed by atoms with Crippen LogP contribution < -0.4 is 5.32 Å². The van der Waals surface area contributed by atoms with Gasteiger partial charge in [0.05, 0.1) is 0 Å². The highest BCUT2D eigenvalue weighted by Crippen LogP contribution is 2.29. The summed E-state index contributed by atoms with van der Waals surface area (Å²) in [6.45, 7) is 13.3. The van der Waals surface area contributed by atoms with Gasteiger partial charge in [-0.25, -0.2) is 4.98 Å². The summed E-state index contributed by atoms with van der Waals surface area (Å²) in [5.74, 6) is 0.944. The van der Waals surface area contributed by atoms with Crippen LogP contribution in [-0.2, 0) is 0 Å². The first-order valence-electron chi connectivity index (χ1n) is 5.99. The van der Waals surface area contributed by atoms with Crippen LogP contribution in [0.1, 0.15) is 46.6 Å². The van der Waals surface area contributed by atoms with Crippen molar-refractivity contribution in [1.29, 1.82) is 0 Å². The third-order valence-electron chi connectivity index (χ3n) is 2.49. The number of anilines is 1. The summed E-state index contributed by atoms with van der Waals surface area (Å²) in [6.07, 6.45) is 2.95. The fourth-order valence-corrected chi connectivity index (χ4v) is 2.54. The summed E-state index contributed by atoms with van der Waals surface area (Å²) in [4.78, 5) is 4.40. The molecule has 0 aliphatic heterocycles. The molecule has 17 heavy (non-hydrogen) atoms. The highest BCUT2D eigenvalue weighted by atomic mass is 79.9. The number of aryl methyl sites for hydroxylation is 1. The van der Waals surface area contributed by atoms with E-state index in [0.29, 0.717) is 5.41 Å². The Hall–Kier alpha value is -0.570. The summed E-state index contributed by atoms with van der Waals surface area (Å²) in [6, 6.07) is 2.08. The molecule has 3 heteroatoms. The zero-order valence-corrected chi connectivity index (χ0v) is 13.3. The Labute approximate surface area is 113 Å². The minimum absolute atomic E-state index is 0.0471. The van der Waals surface area contributed by atoms with Gasteiger partial charge in [0.1, 0.15) is 5.82 Å². The van der Waals surface area contributed by atoms with Crippen LogP contribution in [0.5, 0.6) is 0 Å². The van der Waals surface area contributed by atoms with Crippen LogP contribution in [0.25, 0.3) is 0 Å². The fourth-order valence-electron chi connectivity index (χ4n) is 2.32. The maximum Gasteiger partial charge on any atom is 0.126 e. The van der Waals surface area contributed by atoms with Gasteiger partial charge < -0.3 is 5.32 Å². The molecule has 0 saturated carbocycles. The summed E-state index contributed by atoms with van der Waals surface area (Å²) in [5, 5.41) is 3.51. The normalized spacial score (nSPS) is 12.6. The molecule has 0 atom stereocenters. The quantitative estimate of drug-likeness (QED) is 0.869. The monoisotopic (exact) mass is 298 g/mol. The number of rotatable bonds is 3. The molecule has 0 bridgehead atoms. The van der Waals surface area contributed by atoms with Crippen molar-refractivity contribution in [3.05, 3.63) is 22.3 Å². The van der Waals surface area contributed by atoms with Crippen LogP contribution in [0.3, 0.4) is 0 Å². The molecule has 0 radical (unpaired) electrons. The average molecular weight is 299 g/mol. The second-order valence-corrected chi connectivity index (χ2v) is 7.42.